The van der Waals surface area contributed by atoms with Gasteiger partial charge in [0.2, 0.25) is 5.95 Å². The summed E-state index contributed by atoms with van der Waals surface area (Å²) >= 11 is 1.93. The first-order chi connectivity index (χ1) is 12.7. The molecule has 2 fully saturated rings. The van der Waals surface area contributed by atoms with Crippen molar-refractivity contribution in [1.82, 2.24) is 14.9 Å². The molecule has 1 spiro atoms. The average molecular weight is 373 g/mol. The summed E-state index contributed by atoms with van der Waals surface area (Å²) in [6, 6.07) is 6.78. The van der Waals surface area contributed by atoms with Crippen molar-refractivity contribution in [3.05, 3.63) is 40.3 Å². The smallest absolute Gasteiger partial charge is 0.225 e. The van der Waals surface area contributed by atoms with E-state index in [4.69, 9.17) is 4.74 Å². The highest BCUT2D eigenvalue weighted by Gasteiger charge is 2.46. The second-order valence-electron chi connectivity index (χ2n) is 7.78. The first kappa shape index (κ1) is 17.9. The third-order valence-electron chi connectivity index (χ3n) is 5.88. The van der Waals surface area contributed by atoms with Crippen LogP contribution in [0.3, 0.4) is 0 Å². The van der Waals surface area contributed by atoms with Crippen LogP contribution in [0.2, 0.25) is 0 Å². The molecule has 0 amide bonds. The van der Waals surface area contributed by atoms with Gasteiger partial charge in [0.25, 0.3) is 0 Å². The Morgan fingerprint density at radius 2 is 2.00 bits per heavy atom. The Kier molecular flexibility index (Phi) is 5.25. The van der Waals surface area contributed by atoms with E-state index in [1.807, 2.05) is 29.8 Å². The Morgan fingerprint density at radius 1 is 1.23 bits per heavy atom. The van der Waals surface area contributed by atoms with E-state index in [1.54, 1.807) is 7.11 Å². The van der Waals surface area contributed by atoms with E-state index in [0.29, 0.717) is 11.5 Å². The van der Waals surface area contributed by atoms with Crippen molar-refractivity contribution in [3.63, 3.8) is 0 Å². The minimum atomic E-state index is 0.379. The number of hydrogen-bond donors (Lipinski definition) is 0. The van der Waals surface area contributed by atoms with E-state index < -0.39 is 0 Å². The summed E-state index contributed by atoms with van der Waals surface area (Å²) in [4.78, 5) is 16.9. The minimum Gasteiger partial charge on any atom is -0.383 e. The second kappa shape index (κ2) is 7.62. The molecule has 2 aliphatic rings. The summed E-state index contributed by atoms with van der Waals surface area (Å²) in [5, 5.41) is 0. The summed E-state index contributed by atoms with van der Waals surface area (Å²) in [7, 11) is 1.79. The molecule has 4 rings (SSSR count). The molecule has 0 bridgehead atoms. The molecule has 0 saturated carbocycles. The number of nitrogens with zero attached hydrogens (tertiary/aromatic N) is 4. The van der Waals surface area contributed by atoms with Gasteiger partial charge in [-0.05, 0) is 62.9 Å². The fourth-order valence-corrected chi connectivity index (χ4v) is 5.45. The maximum Gasteiger partial charge on any atom is 0.225 e. The molecule has 2 aromatic heterocycles. The largest absolute Gasteiger partial charge is 0.383 e. The molecule has 4 heterocycles. The van der Waals surface area contributed by atoms with Gasteiger partial charge in [0.1, 0.15) is 0 Å². The van der Waals surface area contributed by atoms with Gasteiger partial charge in [-0.3, -0.25) is 4.90 Å². The Labute approximate surface area is 160 Å². The molecule has 2 aromatic rings. The lowest BCUT2D eigenvalue weighted by atomic mass is 9.76. The van der Waals surface area contributed by atoms with Crippen LogP contribution in [0.25, 0.3) is 0 Å². The van der Waals surface area contributed by atoms with Crippen molar-refractivity contribution in [2.45, 2.75) is 38.8 Å². The summed E-state index contributed by atoms with van der Waals surface area (Å²) in [6.07, 6.45) is 7.36. The Bertz CT molecular complexity index is 712. The molecular formula is C20H28N4OS. The number of likely N-dealkylation sites (tertiary alicyclic amines) is 1. The molecule has 2 saturated heterocycles. The SMILES string of the molecule is COC[C@H]1CC2(CCN(Cc3ccc(C)s3)CC2)CN1c1ncccn1. The predicted octanol–water partition coefficient (Wildman–Crippen LogP) is 3.35. The van der Waals surface area contributed by atoms with Crippen LogP contribution in [-0.4, -0.2) is 54.3 Å². The van der Waals surface area contributed by atoms with Gasteiger partial charge in [-0.25, -0.2) is 9.97 Å². The van der Waals surface area contributed by atoms with Crippen LogP contribution in [0.1, 0.15) is 29.0 Å². The second-order valence-corrected chi connectivity index (χ2v) is 9.15. The standard InChI is InChI=1S/C20H28N4OS/c1-16-4-5-18(26-16)13-23-10-6-20(7-11-23)12-17(14-25-2)24(15-20)19-21-8-3-9-22-19/h3-5,8-9,17H,6-7,10-15H2,1-2H3/t17-/m1/s1. The van der Waals surface area contributed by atoms with Gasteiger partial charge in [0.15, 0.2) is 0 Å². The first-order valence-corrected chi connectivity index (χ1v) is 10.3. The lowest BCUT2D eigenvalue weighted by molar-refractivity contribution is 0.106. The Balaban J connectivity index is 1.41. The zero-order valence-electron chi connectivity index (χ0n) is 15.7. The topological polar surface area (TPSA) is 41.5 Å². The molecule has 140 valence electrons. The van der Waals surface area contributed by atoms with Crippen LogP contribution in [0.15, 0.2) is 30.6 Å². The van der Waals surface area contributed by atoms with Crippen molar-refractivity contribution in [2.75, 3.05) is 38.3 Å². The van der Waals surface area contributed by atoms with Crippen LogP contribution in [0.5, 0.6) is 0 Å². The highest BCUT2D eigenvalue weighted by Crippen LogP contribution is 2.44. The van der Waals surface area contributed by atoms with E-state index in [9.17, 15) is 0 Å². The molecule has 5 nitrogen and oxygen atoms in total. The molecule has 0 aromatic carbocycles. The fourth-order valence-electron chi connectivity index (χ4n) is 4.52. The lowest BCUT2D eigenvalue weighted by Gasteiger charge is -2.39. The van der Waals surface area contributed by atoms with Crippen LogP contribution < -0.4 is 4.90 Å². The van der Waals surface area contributed by atoms with Crippen molar-refractivity contribution in [1.29, 1.82) is 0 Å². The van der Waals surface area contributed by atoms with Crippen molar-refractivity contribution >= 4 is 17.3 Å². The van der Waals surface area contributed by atoms with Gasteiger partial charge in [0.05, 0.1) is 12.6 Å². The molecule has 26 heavy (non-hydrogen) atoms. The molecule has 2 aliphatic heterocycles. The number of anilines is 1. The normalized spacial score (nSPS) is 23.0. The maximum absolute atomic E-state index is 5.51. The monoisotopic (exact) mass is 372 g/mol. The summed E-state index contributed by atoms with van der Waals surface area (Å²) < 4.78 is 5.51. The summed E-state index contributed by atoms with van der Waals surface area (Å²) in [5.74, 6) is 0.850. The average Bonchev–Trinajstić information content (AvgIpc) is 3.22. The fraction of sp³-hybridized carbons (Fsp3) is 0.600. The number of rotatable bonds is 5. The highest BCUT2D eigenvalue weighted by molar-refractivity contribution is 7.11. The van der Waals surface area contributed by atoms with E-state index in [-0.39, 0.29) is 0 Å². The Hall–Kier alpha value is -1.50. The van der Waals surface area contributed by atoms with E-state index >= 15 is 0 Å². The predicted molar refractivity (Wildman–Crippen MR) is 106 cm³/mol. The van der Waals surface area contributed by atoms with Crippen molar-refractivity contribution in [2.24, 2.45) is 5.41 Å². The van der Waals surface area contributed by atoms with Crippen LogP contribution in [0.4, 0.5) is 5.95 Å². The molecule has 0 N–H and O–H groups in total. The van der Waals surface area contributed by atoms with Gasteiger partial charge in [-0.2, -0.15) is 0 Å². The molecule has 0 unspecified atom stereocenters. The van der Waals surface area contributed by atoms with Crippen molar-refractivity contribution in [3.8, 4) is 0 Å². The van der Waals surface area contributed by atoms with Crippen LogP contribution >= 0.6 is 11.3 Å². The molecule has 0 radical (unpaired) electrons. The zero-order valence-corrected chi connectivity index (χ0v) is 16.5. The molecule has 1 atom stereocenters. The van der Waals surface area contributed by atoms with Gasteiger partial charge in [0, 0.05) is 42.3 Å². The van der Waals surface area contributed by atoms with E-state index in [2.05, 4.69) is 38.8 Å². The quantitative estimate of drug-likeness (QED) is 0.805. The third kappa shape index (κ3) is 3.77. The molecular weight excluding hydrogens is 344 g/mol. The number of methoxy groups -OCH3 is 1. The van der Waals surface area contributed by atoms with Gasteiger partial charge >= 0.3 is 0 Å². The first-order valence-electron chi connectivity index (χ1n) is 9.48. The maximum atomic E-state index is 5.51. The zero-order chi connectivity index (χ0) is 18.0. The van der Waals surface area contributed by atoms with Gasteiger partial charge in [-0.15, -0.1) is 11.3 Å². The highest BCUT2D eigenvalue weighted by atomic mass is 32.1. The number of aryl methyl sites for hydroxylation is 1. The van der Waals surface area contributed by atoms with Gasteiger partial charge < -0.3 is 9.64 Å². The number of aromatic nitrogens is 2. The molecule has 0 aliphatic carbocycles. The number of thiophene rings is 1. The van der Waals surface area contributed by atoms with Gasteiger partial charge in [-0.1, -0.05) is 0 Å². The van der Waals surface area contributed by atoms with Crippen LogP contribution in [0, 0.1) is 12.3 Å². The van der Waals surface area contributed by atoms with E-state index in [1.165, 1.54) is 42.1 Å². The van der Waals surface area contributed by atoms with E-state index in [0.717, 1.165) is 25.6 Å². The Morgan fingerprint density at radius 3 is 2.65 bits per heavy atom. The lowest BCUT2D eigenvalue weighted by Crippen LogP contribution is -2.41. The summed E-state index contributed by atoms with van der Waals surface area (Å²) in [6.45, 7) is 7.45. The number of ether oxygens (including phenoxy) is 1. The van der Waals surface area contributed by atoms with Crippen molar-refractivity contribution < 1.29 is 4.74 Å². The number of piperidine rings is 1. The minimum absolute atomic E-state index is 0.379. The van der Waals surface area contributed by atoms with Crippen LogP contribution in [-0.2, 0) is 11.3 Å². The third-order valence-corrected chi connectivity index (χ3v) is 6.86. The molecule has 6 heteroatoms. The number of hydrogen-bond acceptors (Lipinski definition) is 6. The summed E-state index contributed by atoms with van der Waals surface area (Å²) in [5.41, 5.74) is 0.379.